The number of nitrogens with zero attached hydrogens (tertiary/aromatic N) is 1. The molecule has 5 nitrogen and oxygen atoms in total. The lowest BCUT2D eigenvalue weighted by Gasteiger charge is -2.04. The van der Waals surface area contributed by atoms with Crippen LogP contribution in [0, 0.1) is 10.1 Å². The first-order valence-corrected chi connectivity index (χ1v) is 5.16. The van der Waals surface area contributed by atoms with Crippen molar-refractivity contribution in [1.82, 2.24) is 0 Å². The molecule has 1 N–H and O–H groups in total. The molecule has 0 atom stereocenters. The van der Waals surface area contributed by atoms with E-state index in [1.54, 1.807) is 12.1 Å². The molecule has 0 fully saturated rings. The number of carbonyl (C=O) groups is 1. The summed E-state index contributed by atoms with van der Waals surface area (Å²) in [6.45, 7) is 2.07. The number of hydrogen-bond acceptors (Lipinski definition) is 3. The van der Waals surface area contributed by atoms with Crippen molar-refractivity contribution in [3.63, 3.8) is 0 Å². The van der Waals surface area contributed by atoms with Crippen LogP contribution in [0.5, 0.6) is 0 Å². The van der Waals surface area contributed by atoms with Gasteiger partial charge in [0.15, 0.2) is 0 Å². The minimum Gasteiger partial charge on any atom is -0.323 e. The van der Waals surface area contributed by atoms with Crippen LogP contribution in [0.15, 0.2) is 18.2 Å². The Morgan fingerprint density at radius 3 is 2.81 bits per heavy atom. The predicted octanol–water partition coefficient (Wildman–Crippen LogP) is 2.51. The normalized spacial score (nSPS) is 9.81. The van der Waals surface area contributed by atoms with Crippen LogP contribution in [0.2, 0.25) is 0 Å². The molecule has 1 aromatic rings. The highest BCUT2D eigenvalue weighted by atomic mass is 16.6. The molecule has 1 amide bonds. The van der Waals surface area contributed by atoms with Crippen molar-refractivity contribution in [3.8, 4) is 0 Å². The zero-order chi connectivity index (χ0) is 12.0. The Labute approximate surface area is 93.6 Å². The third-order valence-electron chi connectivity index (χ3n) is 2.29. The molecule has 0 unspecified atom stereocenters. The molecule has 86 valence electrons. The van der Waals surface area contributed by atoms with Gasteiger partial charge in [-0.3, -0.25) is 14.9 Å². The SMILES string of the molecule is CCCCc1ccc(NC=O)c([N+](=O)[O-])c1. The molecular formula is C11H14N2O3. The molecule has 0 saturated heterocycles. The Morgan fingerprint density at radius 2 is 2.25 bits per heavy atom. The topological polar surface area (TPSA) is 72.2 Å². The molecule has 1 rings (SSSR count). The van der Waals surface area contributed by atoms with Gasteiger partial charge in [0.25, 0.3) is 5.69 Å². The second-order valence-electron chi connectivity index (χ2n) is 3.47. The maximum Gasteiger partial charge on any atom is 0.293 e. The highest BCUT2D eigenvalue weighted by Gasteiger charge is 2.13. The molecule has 5 heteroatoms. The monoisotopic (exact) mass is 222 g/mol. The second-order valence-corrected chi connectivity index (χ2v) is 3.47. The van der Waals surface area contributed by atoms with Crippen molar-refractivity contribution in [3.05, 3.63) is 33.9 Å². The van der Waals surface area contributed by atoms with Crippen molar-refractivity contribution >= 4 is 17.8 Å². The largest absolute Gasteiger partial charge is 0.323 e. The van der Waals surface area contributed by atoms with Crippen LogP contribution in [-0.4, -0.2) is 11.3 Å². The molecule has 0 aliphatic heterocycles. The number of nitrogens with one attached hydrogen (secondary N) is 1. The number of anilines is 1. The first-order valence-electron chi connectivity index (χ1n) is 5.16. The van der Waals surface area contributed by atoms with Crippen LogP contribution < -0.4 is 5.32 Å². The van der Waals surface area contributed by atoms with Crippen molar-refractivity contribution in [1.29, 1.82) is 0 Å². The van der Waals surface area contributed by atoms with E-state index in [0.29, 0.717) is 6.41 Å². The lowest BCUT2D eigenvalue weighted by atomic mass is 10.1. The summed E-state index contributed by atoms with van der Waals surface area (Å²) in [5, 5.41) is 13.1. The highest BCUT2D eigenvalue weighted by Crippen LogP contribution is 2.25. The third-order valence-corrected chi connectivity index (χ3v) is 2.29. The predicted molar refractivity (Wildman–Crippen MR) is 61.4 cm³/mol. The van der Waals surface area contributed by atoms with E-state index in [4.69, 9.17) is 0 Å². The Hall–Kier alpha value is -1.91. The summed E-state index contributed by atoms with van der Waals surface area (Å²) >= 11 is 0. The smallest absolute Gasteiger partial charge is 0.293 e. The van der Waals surface area contributed by atoms with Gasteiger partial charge in [0.1, 0.15) is 5.69 Å². The molecule has 0 heterocycles. The number of unbranched alkanes of at least 4 members (excludes halogenated alkanes) is 1. The van der Waals surface area contributed by atoms with Gasteiger partial charge in [-0.2, -0.15) is 0 Å². The van der Waals surface area contributed by atoms with E-state index < -0.39 is 4.92 Å². The number of hydrogen-bond donors (Lipinski definition) is 1. The van der Waals surface area contributed by atoms with Crippen molar-refractivity contribution in [2.45, 2.75) is 26.2 Å². The molecule has 0 saturated carbocycles. The van der Waals surface area contributed by atoms with Crippen LogP contribution in [0.1, 0.15) is 25.3 Å². The fourth-order valence-electron chi connectivity index (χ4n) is 1.45. The zero-order valence-electron chi connectivity index (χ0n) is 9.10. The van der Waals surface area contributed by atoms with Crippen molar-refractivity contribution in [2.24, 2.45) is 0 Å². The van der Waals surface area contributed by atoms with Crippen molar-refractivity contribution in [2.75, 3.05) is 5.32 Å². The first kappa shape index (κ1) is 12.2. The van der Waals surface area contributed by atoms with Gasteiger partial charge < -0.3 is 5.32 Å². The molecule has 0 radical (unpaired) electrons. The van der Waals surface area contributed by atoms with Gasteiger partial charge in [0.2, 0.25) is 6.41 Å². The fraction of sp³-hybridized carbons (Fsp3) is 0.364. The number of aryl methyl sites for hydroxylation is 1. The van der Waals surface area contributed by atoms with Crippen LogP contribution in [0.3, 0.4) is 0 Å². The summed E-state index contributed by atoms with van der Waals surface area (Å²) in [7, 11) is 0. The van der Waals surface area contributed by atoms with Crippen LogP contribution in [0.4, 0.5) is 11.4 Å². The Balaban J connectivity index is 2.97. The summed E-state index contributed by atoms with van der Waals surface area (Å²) in [6.07, 6.45) is 3.30. The summed E-state index contributed by atoms with van der Waals surface area (Å²) in [5.41, 5.74) is 1.10. The lowest BCUT2D eigenvalue weighted by Crippen LogP contribution is -2.00. The molecule has 0 aliphatic rings. The first-order chi connectivity index (χ1) is 7.69. The van der Waals surface area contributed by atoms with Crippen LogP contribution in [-0.2, 0) is 11.2 Å². The van der Waals surface area contributed by atoms with Gasteiger partial charge in [0, 0.05) is 6.07 Å². The van der Waals surface area contributed by atoms with Crippen molar-refractivity contribution < 1.29 is 9.72 Å². The summed E-state index contributed by atoms with van der Waals surface area (Å²) in [6, 6.07) is 4.88. The number of carbonyl (C=O) groups excluding carboxylic acids is 1. The molecule has 16 heavy (non-hydrogen) atoms. The Bertz CT molecular complexity index is 391. The zero-order valence-corrected chi connectivity index (χ0v) is 9.10. The van der Waals surface area contributed by atoms with Crippen LogP contribution in [0.25, 0.3) is 0 Å². The number of nitro benzene ring substituents is 1. The van der Waals surface area contributed by atoms with Gasteiger partial charge in [-0.15, -0.1) is 0 Å². The Kier molecular flexibility index (Phi) is 4.44. The minimum absolute atomic E-state index is 0.0549. The standard InChI is InChI=1S/C11H14N2O3/c1-2-3-4-9-5-6-10(12-8-14)11(7-9)13(15)16/h5-8H,2-4H2,1H3,(H,12,14). The maximum atomic E-state index is 10.8. The molecule has 0 aliphatic carbocycles. The van der Waals surface area contributed by atoms with E-state index >= 15 is 0 Å². The number of nitro groups is 1. The van der Waals surface area contributed by atoms with E-state index in [0.717, 1.165) is 24.8 Å². The fourth-order valence-corrected chi connectivity index (χ4v) is 1.45. The van der Waals surface area contributed by atoms with Crippen LogP contribution >= 0.6 is 0 Å². The van der Waals surface area contributed by atoms with Gasteiger partial charge in [0.05, 0.1) is 4.92 Å². The molecular weight excluding hydrogens is 208 g/mol. The number of amides is 1. The number of benzene rings is 1. The van der Waals surface area contributed by atoms with E-state index in [2.05, 4.69) is 12.2 Å². The molecule has 0 spiro atoms. The van der Waals surface area contributed by atoms with Gasteiger partial charge in [-0.25, -0.2) is 0 Å². The molecule has 0 aromatic heterocycles. The summed E-state index contributed by atoms with van der Waals surface area (Å²) in [5.74, 6) is 0. The minimum atomic E-state index is -0.485. The average molecular weight is 222 g/mol. The second kappa shape index (κ2) is 5.85. The number of rotatable bonds is 6. The van der Waals surface area contributed by atoms with E-state index in [1.807, 2.05) is 0 Å². The quantitative estimate of drug-likeness (QED) is 0.456. The Morgan fingerprint density at radius 1 is 1.50 bits per heavy atom. The third kappa shape index (κ3) is 3.05. The van der Waals surface area contributed by atoms with E-state index in [9.17, 15) is 14.9 Å². The summed E-state index contributed by atoms with van der Waals surface area (Å²) < 4.78 is 0. The summed E-state index contributed by atoms with van der Waals surface area (Å²) in [4.78, 5) is 20.6. The average Bonchev–Trinajstić information content (AvgIpc) is 2.27. The highest BCUT2D eigenvalue weighted by molar-refractivity contribution is 5.77. The van der Waals surface area contributed by atoms with Gasteiger partial charge >= 0.3 is 0 Å². The van der Waals surface area contributed by atoms with E-state index in [1.165, 1.54) is 6.07 Å². The lowest BCUT2D eigenvalue weighted by molar-refractivity contribution is -0.384. The molecule has 0 bridgehead atoms. The van der Waals surface area contributed by atoms with Gasteiger partial charge in [-0.05, 0) is 24.5 Å². The molecule has 1 aromatic carbocycles. The van der Waals surface area contributed by atoms with Gasteiger partial charge in [-0.1, -0.05) is 19.4 Å². The van der Waals surface area contributed by atoms with E-state index in [-0.39, 0.29) is 11.4 Å². The maximum absolute atomic E-state index is 10.8.